The largest absolute Gasteiger partial charge is 0.486 e. The van der Waals surface area contributed by atoms with Crippen molar-refractivity contribution >= 4 is 45.1 Å². The van der Waals surface area contributed by atoms with E-state index in [1.54, 1.807) is 6.92 Å². The summed E-state index contributed by atoms with van der Waals surface area (Å²) in [4.78, 5) is 23.8. The highest BCUT2D eigenvalue weighted by atomic mass is 35.5. The highest BCUT2D eigenvalue weighted by molar-refractivity contribution is 7.93. The van der Waals surface area contributed by atoms with E-state index in [1.807, 2.05) is 0 Å². The first kappa shape index (κ1) is 31.3. The number of carboxylic acids is 1. The van der Waals surface area contributed by atoms with Crippen LogP contribution in [0, 0.1) is 12.3 Å². The zero-order valence-electron chi connectivity index (χ0n) is 22.6. The lowest BCUT2D eigenvalue weighted by Gasteiger charge is -2.38. The molecule has 11 nitrogen and oxygen atoms in total. The molecular weight excluding hydrogens is 581 g/mol. The van der Waals surface area contributed by atoms with Gasteiger partial charge in [0.05, 0.1) is 17.6 Å². The first-order valence-corrected chi connectivity index (χ1v) is 13.9. The summed E-state index contributed by atoms with van der Waals surface area (Å²) >= 11 is 6.16. The number of nitrogens with zero attached hydrogens (tertiary/aromatic N) is 3. The minimum atomic E-state index is -4.84. The fraction of sp³-hybridized carbons (Fsp3) is 0.542. The number of carboxylic acid groups (broad SMARTS) is 1. The first-order valence-electron chi connectivity index (χ1n) is 12.1. The van der Waals surface area contributed by atoms with Crippen molar-refractivity contribution in [2.75, 3.05) is 16.2 Å². The third-order valence-corrected chi connectivity index (χ3v) is 8.63. The molecule has 0 spiro atoms. The number of sulfonamides is 1. The second kappa shape index (κ2) is 10.7. The van der Waals surface area contributed by atoms with Crippen molar-refractivity contribution in [3.8, 4) is 5.75 Å². The van der Waals surface area contributed by atoms with Crippen molar-refractivity contribution in [3.63, 3.8) is 0 Å². The molecule has 0 fully saturated rings. The molecule has 2 aromatic rings. The molecule has 0 saturated heterocycles. The molecule has 2 heterocycles. The molecule has 1 amide bonds. The number of rotatable bonds is 8. The van der Waals surface area contributed by atoms with Crippen molar-refractivity contribution < 1.29 is 45.8 Å². The molecule has 0 saturated carbocycles. The van der Waals surface area contributed by atoms with Gasteiger partial charge in [0.2, 0.25) is 5.60 Å². The average Bonchev–Trinajstić information content (AvgIpc) is 3.20. The molecule has 0 radical (unpaired) electrons. The van der Waals surface area contributed by atoms with E-state index in [0.717, 1.165) is 4.31 Å². The lowest BCUT2D eigenvalue weighted by Crippen LogP contribution is -2.46. The van der Waals surface area contributed by atoms with Gasteiger partial charge in [0.15, 0.2) is 5.15 Å². The van der Waals surface area contributed by atoms with Gasteiger partial charge in [0, 0.05) is 30.4 Å². The smallest absolute Gasteiger partial charge is 0.427 e. The number of aliphatic carboxylic acids is 1. The molecule has 40 heavy (non-hydrogen) atoms. The maximum atomic E-state index is 13.9. The number of amides is 1. The van der Waals surface area contributed by atoms with Gasteiger partial charge in [0.25, 0.3) is 10.0 Å². The van der Waals surface area contributed by atoms with Crippen LogP contribution in [0.15, 0.2) is 23.2 Å². The van der Waals surface area contributed by atoms with Crippen LogP contribution in [0.3, 0.4) is 0 Å². The number of aryl methyl sites for hydroxylation is 1. The van der Waals surface area contributed by atoms with Crippen LogP contribution < -0.4 is 14.4 Å². The fourth-order valence-electron chi connectivity index (χ4n) is 3.95. The number of fused-ring (bicyclic) bond motifs is 1. The van der Waals surface area contributed by atoms with Crippen LogP contribution in [0.2, 0.25) is 5.15 Å². The SMILES string of the molecule is CCn1cc(S(=O)(=O)N2C[C@H](CC(C)(C)C(=O)O)Oc3ccc(NC(=O)OC(C)(C)C(F)(F)F)c(C)c32)c(Cl)n1. The van der Waals surface area contributed by atoms with Gasteiger partial charge >= 0.3 is 18.2 Å². The predicted octanol–water partition coefficient (Wildman–Crippen LogP) is 5.21. The van der Waals surface area contributed by atoms with Gasteiger partial charge in [-0.3, -0.25) is 19.1 Å². The van der Waals surface area contributed by atoms with Crippen LogP contribution in [0.5, 0.6) is 5.75 Å². The van der Waals surface area contributed by atoms with Crippen LogP contribution in [0.1, 0.15) is 46.6 Å². The fourth-order valence-corrected chi connectivity index (χ4v) is 5.96. The summed E-state index contributed by atoms with van der Waals surface area (Å²) in [7, 11) is -4.42. The van der Waals surface area contributed by atoms with Crippen molar-refractivity contribution in [1.82, 2.24) is 9.78 Å². The minimum absolute atomic E-state index is 0.0161. The maximum absolute atomic E-state index is 13.9. The Morgan fingerprint density at radius 3 is 2.40 bits per heavy atom. The van der Waals surface area contributed by atoms with E-state index < -0.39 is 45.4 Å². The Kier molecular flexibility index (Phi) is 8.34. The Labute approximate surface area is 234 Å². The molecule has 1 aromatic heterocycles. The van der Waals surface area contributed by atoms with Crippen molar-refractivity contribution in [2.45, 2.75) is 77.3 Å². The second-order valence-electron chi connectivity index (χ2n) is 10.4. The Morgan fingerprint density at radius 1 is 1.25 bits per heavy atom. The number of aromatic nitrogens is 2. The number of hydrogen-bond acceptors (Lipinski definition) is 7. The second-order valence-corrected chi connectivity index (χ2v) is 12.6. The quantitative estimate of drug-likeness (QED) is 0.415. The molecule has 222 valence electrons. The van der Waals surface area contributed by atoms with Crippen LogP contribution in [-0.2, 0) is 26.1 Å². The number of nitrogens with one attached hydrogen (secondary N) is 1. The third kappa shape index (κ3) is 6.09. The van der Waals surface area contributed by atoms with E-state index in [4.69, 9.17) is 16.3 Å². The first-order chi connectivity index (χ1) is 18.2. The van der Waals surface area contributed by atoms with E-state index >= 15 is 0 Å². The summed E-state index contributed by atoms with van der Waals surface area (Å²) in [5.74, 6) is -1.06. The lowest BCUT2D eigenvalue weighted by atomic mass is 9.86. The van der Waals surface area contributed by atoms with Gasteiger partial charge in [-0.15, -0.1) is 0 Å². The molecular formula is C24H30ClF3N4O7S. The number of carbonyl (C=O) groups excluding carboxylic acids is 1. The molecule has 0 bridgehead atoms. The highest BCUT2D eigenvalue weighted by Crippen LogP contribution is 2.45. The number of benzene rings is 1. The van der Waals surface area contributed by atoms with Crippen molar-refractivity contribution in [1.29, 1.82) is 0 Å². The zero-order valence-corrected chi connectivity index (χ0v) is 24.2. The van der Waals surface area contributed by atoms with Crippen molar-refractivity contribution in [3.05, 3.63) is 29.0 Å². The van der Waals surface area contributed by atoms with Gasteiger partial charge in [0.1, 0.15) is 16.7 Å². The molecule has 0 unspecified atom stereocenters. The number of alkyl halides is 3. The van der Waals surface area contributed by atoms with E-state index in [2.05, 4.69) is 15.2 Å². The molecule has 1 aromatic carbocycles. The Balaban J connectivity index is 2.09. The monoisotopic (exact) mass is 610 g/mol. The molecule has 0 aliphatic carbocycles. The maximum Gasteiger partial charge on any atom is 0.427 e. The summed E-state index contributed by atoms with van der Waals surface area (Å²) < 4.78 is 80.3. The van der Waals surface area contributed by atoms with E-state index in [9.17, 15) is 36.3 Å². The van der Waals surface area contributed by atoms with Gasteiger partial charge in [-0.2, -0.15) is 18.3 Å². The topological polar surface area (TPSA) is 140 Å². The van der Waals surface area contributed by atoms with E-state index in [0.29, 0.717) is 20.4 Å². The van der Waals surface area contributed by atoms with Crippen LogP contribution in [0.25, 0.3) is 0 Å². The number of carbonyl (C=O) groups is 2. The summed E-state index contributed by atoms with van der Waals surface area (Å²) in [6.45, 7) is 7.50. The molecule has 1 atom stereocenters. The predicted molar refractivity (Wildman–Crippen MR) is 139 cm³/mol. The van der Waals surface area contributed by atoms with Gasteiger partial charge < -0.3 is 14.6 Å². The van der Waals surface area contributed by atoms with Gasteiger partial charge in [-0.1, -0.05) is 11.6 Å². The number of hydrogen-bond donors (Lipinski definition) is 2. The molecule has 1 aliphatic heterocycles. The summed E-state index contributed by atoms with van der Waals surface area (Å²) in [5.41, 5.74) is -3.98. The zero-order chi connectivity index (χ0) is 30.4. The normalized spacial score (nSPS) is 16.2. The Morgan fingerprint density at radius 2 is 1.88 bits per heavy atom. The number of halogens is 4. The Hall–Kier alpha value is -3.20. The molecule has 16 heteroatoms. The minimum Gasteiger partial charge on any atom is -0.486 e. The molecule has 2 N–H and O–H groups in total. The molecule has 3 rings (SSSR count). The van der Waals surface area contributed by atoms with Crippen LogP contribution >= 0.6 is 11.6 Å². The summed E-state index contributed by atoms with van der Waals surface area (Å²) in [6.07, 6.45) is -5.96. The van der Waals surface area contributed by atoms with Crippen molar-refractivity contribution in [2.24, 2.45) is 5.41 Å². The molecule has 1 aliphatic rings. The third-order valence-electron chi connectivity index (χ3n) is 6.47. The number of ether oxygens (including phenoxy) is 2. The Bertz CT molecular complexity index is 1420. The highest BCUT2D eigenvalue weighted by Gasteiger charge is 2.51. The van der Waals surface area contributed by atoms with Gasteiger partial charge in [-0.05, 0) is 53.7 Å². The number of anilines is 2. The van der Waals surface area contributed by atoms with Gasteiger partial charge in [-0.25, -0.2) is 13.2 Å². The summed E-state index contributed by atoms with van der Waals surface area (Å²) in [5, 5.41) is 15.5. The van der Waals surface area contributed by atoms with Crippen LogP contribution in [-0.4, -0.2) is 59.8 Å². The lowest BCUT2D eigenvalue weighted by molar-refractivity contribution is -0.242. The van der Waals surface area contributed by atoms with Crippen LogP contribution in [0.4, 0.5) is 29.3 Å². The average molecular weight is 611 g/mol. The summed E-state index contributed by atoms with van der Waals surface area (Å²) in [6, 6.07) is 2.64. The van der Waals surface area contributed by atoms with E-state index in [-0.39, 0.29) is 45.7 Å². The van der Waals surface area contributed by atoms with E-state index in [1.165, 1.54) is 43.8 Å². The standard InChI is InChI=1S/C24H30ClF3N4O7S/c1-7-31-12-17(19(25)30-31)40(36,37)32-11-14(10-22(3,4)20(33)34)38-16-9-8-15(13(2)18(16)32)29-21(35)39-23(5,6)24(26,27)28/h8-9,12,14H,7,10-11H2,1-6H3,(H,29,35)(H,33,34)/t14-/m0/s1.